The van der Waals surface area contributed by atoms with Crippen LogP contribution < -0.4 is 9.54 Å². The summed E-state index contributed by atoms with van der Waals surface area (Å²) < 4.78 is 8.19. The van der Waals surface area contributed by atoms with Gasteiger partial charge in [-0.1, -0.05) is 30.4 Å². The standard InChI is InChI=1S/C21H19N3O4S/c1-3-10-23-16-9-8-13(28-2)11-17(16)29-21(23)22-18(25)12-24-19(26)14-6-4-5-7-15(14)20(24)27/h4-9,11H,3,10,12H2,1-2H3. The quantitative estimate of drug-likeness (QED) is 0.607. The fourth-order valence-electron chi connectivity index (χ4n) is 3.37. The van der Waals surface area contributed by atoms with E-state index in [9.17, 15) is 14.4 Å². The fraction of sp³-hybridized carbons (Fsp3) is 0.238. The first-order valence-corrected chi connectivity index (χ1v) is 10.0. The second-order valence-corrected chi connectivity index (χ2v) is 7.63. The first-order chi connectivity index (χ1) is 14.0. The molecule has 1 aromatic heterocycles. The number of benzene rings is 2. The van der Waals surface area contributed by atoms with Gasteiger partial charge in [0, 0.05) is 6.54 Å². The Labute approximate surface area is 170 Å². The minimum atomic E-state index is -0.539. The van der Waals surface area contributed by atoms with Crippen molar-refractivity contribution in [3.8, 4) is 5.75 Å². The van der Waals surface area contributed by atoms with Crippen molar-refractivity contribution in [3.63, 3.8) is 0 Å². The number of aromatic nitrogens is 1. The van der Waals surface area contributed by atoms with Crippen LogP contribution in [0.25, 0.3) is 10.2 Å². The Morgan fingerprint density at radius 1 is 1.10 bits per heavy atom. The van der Waals surface area contributed by atoms with Gasteiger partial charge in [0.2, 0.25) is 0 Å². The third kappa shape index (κ3) is 3.36. The maximum absolute atomic E-state index is 12.6. The van der Waals surface area contributed by atoms with E-state index in [1.165, 1.54) is 11.3 Å². The number of hydrogen-bond donors (Lipinski definition) is 0. The molecule has 0 radical (unpaired) electrons. The Morgan fingerprint density at radius 2 is 1.79 bits per heavy atom. The normalized spacial score (nSPS) is 14.0. The van der Waals surface area contributed by atoms with Gasteiger partial charge in [-0.15, -0.1) is 0 Å². The number of carbonyl (C=O) groups is 3. The maximum Gasteiger partial charge on any atom is 0.268 e. The van der Waals surface area contributed by atoms with Crippen LogP contribution in [0.2, 0.25) is 0 Å². The second-order valence-electron chi connectivity index (χ2n) is 6.62. The van der Waals surface area contributed by atoms with Crippen LogP contribution in [0.5, 0.6) is 5.75 Å². The molecule has 8 heteroatoms. The summed E-state index contributed by atoms with van der Waals surface area (Å²) >= 11 is 1.38. The number of hydrogen-bond acceptors (Lipinski definition) is 5. The van der Waals surface area contributed by atoms with Gasteiger partial charge in [0.05, 0.1) is 28.5 Å². The van der Waals surface area contributed by atoms with E-state index in [4.69, 9.17) is 4.74 Å². The molecular formula is C21H19N3O4S. The van der Waals surface area contributed by atoms with Crippen LogP contribution in [0.3, 0.4) is 0 Å². The lowest BCUT2D eigenvalue weighted by molar-refractivity contribution is -0.118. The second kappa shape index (κ2) is 7.63. The minimum absolute atomic E-state index is 0.320. The van der Waals surface area contributed by atoms with Crippen LogP contribution in [0, 0.1) is 0 Å². The number of thiazole rings is 1. The van der Waals surface area contributed by atoms with Crippen molar-refractivity contribution in [2.75, 3.05) is 13.7 Å². The van der Waals surface area contributed by atoms with Crippen LogP contribution in [0.1, 0.15) is 34.1 Å². The summed E-state index contributed by atoms with van der Waals surface area (Å²) in [6.45, 7) is 2.37. The van der Waals surface area contributed by atoms with Crippen LogP contribution in [-0.4, -0.2) is 40.8 Å². The molecule has 4 rings (SSSR count). The van der Waals surface area contributed by atoms with Crippen molar-refractivity contribution >= 4 is 39.3 Å². The number of ether oxygens (including phenoxy) is 1. The third-order valence-corrected chi connectivity index (χ3v) is 5.77. The molecule has 148 valence electrons. The molecular weight excluding hydrogens is 390 g/mol. The average molecular weight is 409 g/mol. The predicted octanol–water partition coefficient (Wildman–Crippen LogP) is 2.84. The largest absolute Gasteiger partial charge is 0.497 e. The van der Waals surface area contributed by atoms with Gasteiger partial charge in [-0.2, -0.15) is 4.99 Å². The molecule has 0 atom stereocenters. The highest BCUT2D eigenvalue weighted by Crippen LogP contribution is 2.24. The Kier molecular flexibility index (Phi) is 5.02. The van der Waals surface area contributed by atoms with E-state index >= 15 is 0 Å². The van der Waals surface area contributed by atoms with E-state index in [1.807, 2.05) is 29.7 Å². The lowest BCUT2D eigenvalue weighted by Gasteiger charge is -2.10. The van der Waals surface area contributed by atoms with Gasteiger partial charge in [0.15, 0.2) is 4.80 Å². The Bertz CT molecular complexity index is 1170. The van der Waals surface area contributed by atoms with Crippen molar-refractivity contribution in [2.45, 2.75) is 19.9 Å². The number of methoxy groups -OCH3 is 1. The molecule has 2 aromatic carbocycles. The van der Waals surface area contributed by atoms with Crippen LogP contribution in [-0.2, 0) is 11.3 Å². The highest BCUT2D eigenvalue weighted by Gasteiger charge is 2.36. The first-order valence-electron chi connectivity index (χ1n) is 9.23. The van der Waals surface area contributed by atoms with Crippen molar-refractivity contribution in [1.82, 2.24) is 9.47 Å². The van der Waals surface area contributed by atoms with Gasteiger partial charge in [-0.3, -0.25) is 19.3 Å². The molecule has 3 amide bonds. The van der Waals surface area contributed by atoms with Crippen molar-refractivity contribution in [3.05, 3.63) is 58.4 Å². The van der Waals surface area contributed by atoms with Crippen LogP contribution in [0.4, 0.5) is 0 Å². The summed E-state index contributed by atoms with van der Waals surface area (Å²) in [6.07, 6.45) is 0.873. The number of imide groups is 1. The monoisotopic (exact) mass is 409 g/mol. The summed E-state index contributed by atoms with van der Waals surface area (Å²) in [6, 6.07) is 12.3. The SMILES string of the molecule is CCCn1c(=NC(=O)CN2C(=O)c3ccccc3C2=O)sc2cc(OC)ccc21. The lowest BCUT2D eigenvalue weighted by atomic mass is 10.1. The molecule has 0 saturated heterocycles. The van der Waals surface area contributed by atoms with E-state index < -0.39 is 17.7 Å². The molecule has 2 heterocycles. The summed E-state index contributed by atoms with van der Waals surface area (Å²) in [5.74, 6) is -0.734. The molecule has 0 bridgehead atoms. The Balaban J connectivity index is 1.67. The predicted molar refractivity (Wildman–Crippen MR) is 109 cm³/mol. The highest BCUT2D eigenvalue weighted by atomic mass is 32.1. The zero-order valence-electron chi connectivity index (χ0n) is 16.0. The first kappa shape index (κ1) is 19.1. The molecule has 0 unspecified atom stereocenters. The molecule has 1 aliphatic heterocycles. The number of amides is 3. The van der Waals surface area contributed by atoms with Gasteiger partial charge >= 0.3 is 0 Å². The Morgan fingerprint density at radius 3 is 2.41 bits per heavy atom. The van der Waals surface area contributed by atoms with Gasteiger partial charge in [-0.25, -0.2) is 0 Å². The van der Waals surface area contributed by atoms with Crippen molar-refractivity contribution in [2.24, 2.45) is 4.99 Å². The van der Waals surface area contributed by atoms with Crippen molar-refractivity contribution < 1.29 is 19.1 Å². The summed E-state index contributed by atoms with van der Waals surface area (Å²) in [4.78, 5) is 43.3. The molecule has 0 fully saturated rings. The zero-order chi connectivity index (χ0) is 20.5. The minimum Gasteiger partial charge on any atom is -0.497 e. The molecule has 3 aromatic rings. The van der Waals surface area contributed by atoms with Gasteiger partial charge in [0.1, 0.15) is 12.3 Å². The van der Waals surface area contributed by atoms with Crippen LogP contribution in [0.15, 0.2) is 47.5 Å². The van der Waals surface area contributed by atoms with E-state index in [2.05, 4.69) is 4.99 Å². The maximum atomic E-state index is 12.6. The fourth-order valence-corrected chi connectivity index (χ4v) is 4.47. The van der Waals surface area contributed by atoms with Gasteiger partial charge < -0.3 is 9.30 Å². The summed E-state index contributed by atoms with van der Waals surface area (Å²) in [7, 11) is 1.60. The van der Waals surface area contributed by atoms with E-state index in [1.54, 1.807) is 31.4 Å². The van der Waals surface area contributed by atoms with E-state index in [-0.39, 0.29) is 6.54 Å². The number of fused-ring (bicyclic) bond motifs is 2. The molecule has 7 nitrogen and oxygen atoms in total. The van der Waals surface area contributed by atoms with E-state index in [0.717, 1.165) is 27.3 Å². The van der Waals surface area contributed by atoms with Gasteiger partial charge in [-0.05, 0) is 36.8 Å². The lowest BCUT2D eigenvalue weighted by Crippen LogP contribution is -2.35. The number of aryl methyl sites for hydroxylation is 1. The average Bonchev–Trinajstić information content (AvgIpc) is 3.18. The highest BCUT2D eigenvalue weighted by molar-refractivity contribution is 7.16. The molecule has 1 aliphatic rings. The molecule has 0 saturated carbocycles. The number of nitrogens with zero attached hydrogens (tertiary/aromatic N) is 3. The molecule has 0 spiro atoms. The van der Waals surface area contributed by atoms with Crippen LogP contribution >= 0.6 is 11.3 Å². The molecule has 0 N–H and O–H groups in total. The zero-order valence-corrected chi connectivity index (χ0v) is 16.9. The van der Waals surface area contributed by atoms with E-state index in [0.29, 0.717) is 22.5 Å². The molecule has 29 heavy (non-hydrogen) atoms. The van der Waals surface area contributed by atoms with Crippen molar-refractivity contribution in [1.29, 1.82) is 0 Å². The smallest absolute Gasteiger partial charge is 0.268 e. The summed E-state index contributed by atoms with van der Waals surface area (Å²) in [5, 5.41) is 0. The number of carbonyl (C=O) groups excluding carboxylic acids is 3. The summed E-state index contributed by atoms with van der Waals surface area (Å²) in [5.41, 5.74) is 1.60. The third-order valence-electron chi connectivity index (χ3n) is 4.73. The Hall–Kier alpha value is -3.26. The number of rotatable bonds is 5. The topological polar surface area (TPSA) is 81.0 Å². The van der Waals surface area contributed by atoms with Gasteiger partial charge in [0.25, 0.3) is 17.7 Å². The molecule has 0 aliphatic carbocycles.